The molecule has 0 unspecified atom stereocenters. The van der Waals surface area contributed by atoms with Crippen molar-refractivity contribution >= 4 is 23.5 Å². The molecule has 3 fully saturated rings. The number of allylic oxidation sites excluding steroid dienone is 1. The first-order valence-corrected chi connectivity index (χ1v) is 12.8. The zero-order valence-electron chi connectivity index (χ0n) is 20.5. The number of amides is 2. The number of halogens is 1. The maximum absolute atomic E-state index is 14.7. The Morgan fingerprint density at radius 1 is 1.09 bits per heavy atom. The molecule has 1 aromatic rings. The molecule has 1 aliphatic heterocycles. The van der Waals surface area contributed by atoms with Gasteiger partial charge in [-0.3, -0.25) is 9.59 Å². The Labute approximate surface area is 206 Å². The zero-order chi connectivity index (χ0) is 24.9. The first kappa shape index (κ1) is 25.4. The fourth-order valence-electron chi connectivity index (χ4n) is 5.84. The number of likely N-dealkylation sites (tertiary alicyclic amines) is 1. The van der Waals surface area contributed by atoms with E-state index in [9.17, 15) is 18.8 Å². The van der Waals surface area contributed by atoms with Crippen molar-refractivity contribution in [2.75, 3.05) is 25.5 Å². The van der Waals surface area contributed by atoms with Crippen LogP contribution in [0.2, 0.25) is 0 Å². The van der Waals surface area contributed by atoms with Gasteiger partial charge < -0.3 is 20.7 Å². The molecule has 1 saturated heterocycles. The van der Waals surface area contributed by atoms with Crippen LogP contribution in [0, 0.1) is 17.7 Å². The molecule has 2 saturated carbocycles. The van der Waals surface area contributed by atoms with Gasteiger partial charge in [0.05, 0.1) is 18.4 Å². The number of nitrogens with one attached hydrogen (secondary N) is 1. The minimum atomic E-state index is -0.720. The van der Waals surface area contributed by atoms with E-state index in [1.165, 1.54) is 31.2 Å². The SMILES string of the molecule is COC(=O)c1ccc(NC(=O)[C@@H]2C(=C3CCCCC3)CCN2C(=O)C2CCC(CN)CC2)c(F)c1. The predicted octanol–water partition coefficient (Wildman–Crippen LogP) is 4.18. The van der Waals surface area contributed by atoms with Crippen molar-refractivity contribution in [2.45, 2.75) is 70.3 Å². The van der Waals surface area contributed by atoms with E-state index in [-0.39, 0.29) is 23.1 Å². The minimum absolute atomic E-state index is 0.0154. The van der Waals surface area contributed by atoms with Crippen LogP contribution < -0.4 is 11.1 Å². The molecule has 190 valence electrons. The minimum Gasteiger partial charge on any atom is -0.465 e. The van der Waals surface area contributed by atoms with E-state index in [0.29, 0.717) is 25.4 Å². The van der Waals surface area contributed by atoms with E-state index in [0.717, 1.165) is 63.0 Å². The predicted molar refractivity (Wildman–Crippen MR) is 131 cm³/mol. The Kier molecular flexibility index (Phi) is 8.21. The smallest absolute Gasteiger partial charge is 0.337 e. The van der Waals surface area contributed by atoms with Gasteiger partial charge in [0.2, 0.25) is 5.91 Å². The van der Waals surface area contributed by atoms with Crippen LogP contribution in [0.5, 0.6) is 0 Å². The molecule has 7 nitrogen and oxygen atoms in total. The molecule has 0 radical (unpaired) electrons. The number of ether oxygens (including phenoxy) is 1. The molecular weight excluding hydrogens is 449 g/mol. The third-order valence-corrected chi connectivity index (χ3v) is 7.88. The summed E-state index contributed by atoms with van der Waals surface area (Å²) in [5, 5.41) is 2.70. The molecule has 1 aromatic carbocycles. The van der Waals surface area contributed by atoms with Gasteiger partial charge in [0.25, 0.3) is 5.91 Å². The number of rotatable bonds is 5. The summed E-state index contributed by atoms with van der Waals surface area (Å²) < 4.78 is 19.4. The second-order valence-electron chi connectivity index (χ2n) is 10.0. The maximum atomic E-state index is 14.7. The van der Waals surface area contributed by atoms with Crippen LogP contribution in [0.25, 0.3) is 0 Å². The molecule has 35 heavy (non-hydrogen) atoms. The summed E-state index contributed by atoms with van der Waals surface area (Å²) >= 11 is 0. The average molecular weight is 486 g/mol. The highest BCUT2D eigenvalue weighted by Crippen LogP contribution is 2.37. The summed E-state index contributed by atoms with van der Waals surface area (Å²) in [4.78, 5) is 40.6. The number of anilines is 1. The number of nitrogens with zero attached hydrogens (tertiary/aromatic N) is 1. The standard InChI is InChI=1S/C27H36FN3O4/c1-35-27(34)20-11-12-23(22(28)15-20)30-25(32)24-21(18-5-3-2-4-6-18)13-14-31(24)26(33)19-9-7-17(16-29)8-10-19/h11-12,15,17,19,24H,2-10,13-14,16,29H2,1H3,(H,30,32)/t17?,19?,24-/m0/s1. The van der Waals surface area contributed by atoms with Crippen LogP contribution in [-0.2, 0) is 14.3 Å². The largest absolute Gasteiger partial charge is 0.465 e. The lowest BCUT2D eigenvalue weighted by molar-refractivity contribution is -0.140. The highest BCUT2D eigenvalue weighted by Gasteiger charge is 2.42. The van der Waals surface area contributed by atoms with Crippen LogP contribution in [0.15, 0.2) is 29.3 Å². The molecule has 4 rings (SSSR count). The number of hydrogen-bond donors (Lipinski definition) is 2. The van der Waals surface area contributed by atoms with Gasteiger partial charge in [-0.15, -0.1) is 0 Å². The second kappa shape index (κ2) is 11.3. The highest BCUT2D eigenvalue weighted by atomic mass is 19.1. The number of esters is 1. The van der Waals surface area contributed by atoms with Crippen LogP contribution >= 0.6 is 0 Å². The molecule has 3 aliphatic rings. The van der Waals surface area contributed by atoms with Crippen LogP contribution in [0.4, 0.5) is 10.1 Å². The van der Waals surface area contributed by atoms with Gasteiger partial charge in [0.15, 0.2) is 0 Å². The molecule has 2 amide bonds. The maximum Gasteiger partial charge on any atom is 0.337 e. The van der Waals surface area contributed by atoms with Crippen molar-refractivity contribution in [3.05, 3.63) is 40.7 Å². The fourth-order valence-corrected chi connectivity index (χ4v) is 5.84. The molecular formula is C27H36FN3O4. The summed E-state index contributed by atoms with van der Waals surface area (Å²) in [5.41, 5.74) is 8.17. The Morgan fingerprint density at radius 2 is 1.80 bits per heavy atom. The molecule has 1 heterocycles. The summed E-state index contributed by atoms with van der Waals surface area (Å²) in [7, 11) is 1.23. The van der Waals surface area contributed by atoms with Gasteiger partial charge >= 0.3 is 5.97 Å². The number of hydrogen-bond acceptors (Lipinski definition) is 5. The number of carbonyl (C=O) groups excluding carboxylic acids is 3. The third-order valence-electron chi connectivity index (χ3n) is 7.88. The van der Waals surface area contributed by atoms with Crippen LogP contribution in [0.3, 0.4) is 0 Å². The first-order valence-electron chi connectivity index (χ1n) is 12.8. The Balaban J connectivity index is 1.57. The van der Waals surface area contributed by atoms with Crippen LogP contribution in [0.1, 0.15) is 74.6 Å². The van der Waals surface area contributed by atoms with Gasteiger partial charge in [-0.2, -0.15) is 0 Å². The van der Waals surface area contributed by atoms with Gasteiger partial charge in [0, 0.05) is 12.5 Å². The van der Waals surface area contributed by atoms with Gasteiger partial charge in [-0.05, 0) is 94.0 Å². The van der Waals surface area contributed by atoms with Crippen molar-refractivity contribution in [3.8, 4) is 0 Å². The van der Waals surface area contributed by atoms with Crippen molar-refractivity contribution in [3.63, 3.8) is 0 Å². The second-order valence-corrected chi connectivity index (χ2v) is 10.0. The topological polar surface area (TPSA) is 102 Å². The molecule has 3 N–H and O–H groups in total. The lowest BCUT2D eigenvalue weighted by atomic mass is 9.81. The van der Waals surface area contributed by atoms with E-state index in [1.54, 1.807) is 4.90 Å². The lowest BCUT2D eigenvalue weighted by Gasteiger charge is -2.33. The zero-order valence-corrected chi connectivity index (χ0v) is 20.5. The van der Waals surface area contributed by atoms with E-state index in [2.05, 4.69) is 10.1 Å². The van der Waals surface area contributed by atoms with E-state index >= 15 is 0 Å². The quantitative estimate of drug-likeness (QED) is 0.481. The van der Waals surface area contributed by atoms with E-state index in [1.807, 2.05) is 0 Å². The Morgan fingerprint density at radius 3 is 2.43 bits per heavy atom. The summed E-state index contributed by atoms with van der Waals surface area (Å²) in [5.74, 6) is -1.38. The number of nitrogens with two attached hydrogens (primary N) is 1. The number of carbonyl (C=O) groups is 3. The summed E-state index contributed by atoms with van der Waals surface area (Å²) in [6.07, 6.45) is 9.39. The van der Waals surface area contributed by atoms with Gasteiger partial charge in [0.1, 0.15) is 11.9 Å². The molecule has 0 aromatic heterocycles. The van der Waals surface area contributed by atoms with Crippen molar-refractivity contribution in [1.29, 1.82) is 0 Å². The van der Waals surface area contributed by atoms with E-state index < -0.39 is 23.7 Å². The summed E-state index contributed by atoms with van der Waals surface area (Å²) in [6.45, 7) is 1.16. The van der Waals surface area contributed by atoms with Gasteiger partial charge in [-0.1, -0.05) is 12.0 Å². The highest BCUT2D eigenvalue weighted by molar-refractivity contribution is 6.01. The monoisotopic (exact) mass is 485 g/mol. The van der Waals surface area contributed by atoms with E-state index in [4.69, 9.17) is 5.73 Å². The van der Waals surface area contributed by atoms with Crippen molar-refractivity contribution < 1.29 is 23.5 Å². The average Bonchev–Trinajstić information content (AvgIpc) is 3.35. The third kappa shape index (κ3) is 5.58. The summed E-state index contributed by atoms with van der Waals surface area (Å²) in [6, 6.07) is 3.11. The Bertz CT molecular complexity index is 992. The number of methoxy groups -OCH3 is 1. The molecule has 8 heteroatoms. The molecule has 1 atom stereocenters. The normalized spacial score (nSPS) is 24.9. The van der Waals surface area contributed by atoms with Crippen molar-refractivity contribution in [1.82, 2.24) is 4.90 Å². The molecule has 2 aliphatic carbocycles. The number of benzene rings is 1. The lowest BCUT2D eigenvalue weighted by Crippen LogP contribution is -2.47. The first-order chi connectivity index (χ1) is 16.9. The Hall–Kier alpha value is -2.74. The molecule has 0 spiro atoms. The van der Waals surface area contributed by atoms with Crippen LogP contribution in [-0.4, -0.2) is 48.9 Å². The van der Waals surface area contributed by atoms with Crippen molar-refractivity contribution in [2.24, 2.45) is 17.6 Å². The van der Waals surface area contributed by atoms with Gasteiger partial charge in [-0.25, -0.2) is 9.18 Å². The molecule has 0 bridgehead atoms. The fraction of sp³-hybridized carbons (Fsp3) is 0.593.